The predicted molar refractivity (Wildman–Crippen MR) is 124 cm³/mol. The first-order chi connectivity index (χ1) is 15.2. The number of carbonyl (C=O) groups excluding carboxylic acids is 1. The van der Waals surface area contributed by atoms with Gasteiger partial charge in [-0.25, -0.2) is 4.79 Å². The van der Waals surface area contributed by atoms with Crippen LogP contribution in [0.15, 0.2) is 47.6 Å². The van der Waals surface area contributed by atoms with Gasteiger partial charge in [0.05, 0.1) is 17.4 Å². The Balaban J connectivity index is 1.57. The highest BCUT2D eigenvalue weighted by molar-refractivity contribution is 5.98. The van der Waals surface area contributed by atoms with Crippen LogP contribution >= 0.6 is 0 Å². The fraction of sp³-hybridized carbons (Fsp3) is 0.375. The van der Waals surface area contributed by atoms with E-state index in [0.717, 1.165) is 59.2 Å². The van der Waals surface area contributed by atoms with Crippen LogP contribution in [0.25, 0.3) is 22.2 Å². The number of nitrogens with zero attached hydrogens (tertiary/aromatic N) is 3. The third-order valence-electron chi connectivity index (χ3n) is 5.74. The van der Waals surface area contributed by atoms with Crippen molar-refractivity contribution in [2.24, 2.45) is 5.16 Å². The van der Waals surface area contributed by atoms with Crippen molar-refractivity contribution in [3.8, 4) is 11.3 Å². The van der Waals surface area contributed by atoms with Gasteiger partial charge in [-0.1, -0.05) is 30.3 Å². The molecule has 2 N–H and O–H groups in total. The second kappa shape index (κ2) is 9.64. The molecule has 7 heteroatoms. The summed E-state index contributed by atoms with van der Waals surface area (Å²) in [7, 11) is 0. The van der Waals surface area contributed by atoms with Crippen molar-refractivity contribution in [3.05, 3.63) is 48.0 Å². The van der Waals surface area contributed by atoms with E-state index in [1.807, 2.05) is 54.3 Å². The maximum Gasteiger partial charge on any atom is 0.322 e. The highest BCUT2D eigenvalue weighted by Crippen LogP contribution is 2.29. The lowest BCUT2D eigenvalue weighted by Crippen LogP contribution is -2.45. The lowest BCUT2D eigenvalue weighted by molar-refractivity contribution is 0.160. The maximum atomic E-state index is 12.9. The number of H-pyrrole nitrogens is 1. The Morgan fingerprint density at radius 2 is 2.19 bits per heavy atom. The average Bonchev–Trinajstić information content (AvgIpc) is 3.23. The summed E-state index contributed by atoms with van der Waals surface area (Å²) < 4.78 is 0. The van der Waals surface area contributed by atoms with Crippen molar-refractivity contribution >= 4 is 28.8 Å². The summed E-state index contributed by atoms with van der Waals surface area (Å²) in [4.78, 5) is 19.9. The topological polar surface area (TPSA) is 82.6 Å². The Morgan fingerprint density at radius 3 is 3.03 bits per heavy atom. The Labute approximate surface area is 182 Å². The fourth-order valence-electron chi connectivity index (χ4n) is 4.14. The summed E-state index contributed by atoms with van der Waals surface area (Å²) in [6.07, 6.45) is 6.03. The molecule has 0 saturated carbocycles. The summed E-state index contributed by atoms with van der Waals surface area (Å²) in [5, 5.41) is 15.6. The van der Waals surface area contributed by atoms with Crippen molar-refractivity contribution in [3.63, 3.8) is 0 Å². The minimum absolute atomic E-state index is 0.0231. The van der Waals surface area contributed by atoms with Gasteiger partial charge in [-0.15, -0.1) is 0 Å². The molecular weight excluding hydrogens is 390 g/mol. The van der Waals surface area contributed by atoms with E-state index < -0.39 is 0 Å². The molecule has 4 rings (SSSR count). The lowest BCUT2D eigenvalue weighted by atomic mass is 10.0. The standard InChI is InChI=1S/C24H29N5O2/c1-3-20-10-5-6-13-29(20)24(30)26-19-9-7-8-18(15-19)23-21-14-17(16-25-31-4-2)11-12-22(21)27-28-23/h7-9,11-12,14-16,20H,3-6,10,13H2,1-2H3,(H,26,30)(H,27,28). The number of anilines is 1. The Bertz CT molecular complexity index is 1070. The molecule has 1 fully saturated rings. The lowest BCUT2D eigenvalue weighted by Gasteiger charge is -2.35. The molecule has 1 aliphatic heterocycles. The third-order valence-corrected chi connectivity index (χ3v) is 5.74. The van der Waals surface area contributed by atoms with Crippen LogP contribution in [-0.2, 0) is 4.84 Å². The average molecular weight is 420 g/mol. The number of nitrogens with one attached hydrogen (secondary N) is 2. The van der Waals surface area contributed by atoms with Gasteiger partial charge in [0.2, 0.25) is 0 Å². The fourth-order valence-corrected chi connectivity index (χ4v) is 4.14. The van der Waals surface area contributed by atoms with Gasteiger partial charge in [-0.2, -0.15) is 5.10 Å². The molecule has 1 aliphatic rings. The maximum absolute atomic E-state index is 12.9. The van der Waals surface area contributed by atoms with E-state index in [9.17, 15) is 4.79 Å². The normalized spacial score (nSPS) is 16.7. The molecule has 2 aromatic carbocycles. The van der Waals surface area contributed by atoms with E-state index >= 15 is 0 Å². The van der Waals surface area contributed by atoms with Crippen LogP contribution in [0, 0.1) is 0 Å². The van der Waals surface area contributed by atoms with Crippen molar-refractivity contribution in [2.75, 3.05) is 18.5 Å². The molecule has 0 radical (unpaired) electrons. The third kappa shape index (κ3) is 4.71. The SMILES string of the molecule is CCON=Cc1ccc2[nH]nc(-c3cccc(NC(=O)N4CCCCC4CC)c3)c2c1. The van der Waals surface area contributed by atoms with Gasteiger partial charge in [0.25, 0.3) is 0 Å². The van der Waals surface area contributed by atoms with E-state index in [1.54, 1.807) is 6.21 Å². The number of hydrogen-bond acceptors (Lipinski definition) is 4. The zero-order valence-corrected chi connectivity index (χ0v) is 18.1. The Morgan fingerprint density at radius 1 is 1.29 bits per heavy atom. The molecule has 1 atom stereocenters. The molecule has 2 heterocycles. The Hall–Kier alpha value is -3.35. The van der Waals surface area contributed by atoms with Crippen LogP contribution in [0.4, 0.5) is 10.5 Å². The smallest absolute Gasteiger partial charge is 0.322 e. The monoisotopic (exact) mass is 419 g/mol. The van der Waals surface area contributed by atoms with E-state index in [1.165, 1.54) is 6.42 Å². The van der Waals surface area contributed by atoms with Crippen molar-refractivity contribution < 1.29 is 9.63 Å². The molecule has 162 valence electrons. The zero-order chi connectivity index (χ0) is 21.6. The summed E-state index contributed by atoms with van der Waals surface area (Å²) in [6.45, 7) is 5.39. The first-order valence-electron chi connectivity index (χ1n) is 11.0. The molecule has 0 bridgehead atoms. The van der Waals surface area contributed by atoms with E-state index in [2.05, 4.69) is 27.6 Å². The minimum atomic E-state index is -0.0231. The largest absolute Gasteiger partial charge is 0.396 e. The molecule has 0 spiro atoms. The molecule has 1 saturated heterocycles. The van der Waals surface area contributed by atoms with Crippen LogP contribution in [-0.4, -0.2) is 46.5 Å². The van der Waals surface area contributed by atoms with Gasteiger partial charge >= 0.3 is 6.03 Å². The van der Waals surface area contributed by atoms with Crippen LogP contribution < -0.4 is 5.32 Å². The zero-order valence-electron chi connectivity index (χ0n) is 18.1. The van der Waals surface area contributed by atoms with Gasteiger partial charge in [0, 0.05) is 29.2 Å². The summed E-state index contributed by atoms with van der Waals surface area (Å²) in [5.74, 6) is 0. The molecular formula is C24H29N5O2. The van der Waals surface area contributed by atoms with Crippen molar-refractivity contribution in [1.82, 2.24) is 15.1 Å². The number of oxime groups is 1. The van der Waals surface area contributed by atoms with Crippen molar-refractivity contribution in [1.29, 1.82) is 0 Å². The van der Waals surface area contributed by atoms with Gasteiger partial charge in [0.15, 0.2) is 0 Å². The minimum Gasteiger partial charge on any atom is -0.396 e. The highest BCUT2D eigenvalue weighted by Gasteiger charge is 2.25. The van der Waals surface area contributed by atoms with Crippen LogP contribution in [0.2, 0.25) is 0 Å². The van der Waals surface area contributed by atoms with E-state index in [4.69, 9.17) is 4.84 Å². The summed E-state index contributed by atoms with van der Waals surface area (Å²) in [6, 6.07) is 14.1. The molecule has 0 aliphatic carbocycles. The quantitative estimate of drug-likeness (QED) is 0.415. The second-order valence-electron chi connectivity index (χ2n) is 7.79. The molecule has 2 amide bonds. The number of aromatic nitrogens is 2. The number of amides is 2. The predicted octanol–water partition coefficient (Wildman–Crippen LogP) is 5.40. The van der Waals surface area contributed by atoms with Gasteiger partial charge in [0.1, 0.15) is 6.61 Å². The van der Waals surface area contributed by atoms with Gasteiger partial charge in [-0.3, -0.25) is 5.10 Å². The highest BCUT2D eigenvalue weighted by atomic mass is 16.6. The first kappa shape index (κ1) is 20.9. The van der Waals surface area contributed by atoms with Crippen LogP contribution in [0.1, 0.15) is 45.1 Å². The molecule has 1 unspecified atom stereocenters. The molecule has 3 aromatic rings. The second-order valence-corrected chi connectivity index (χ2v) is 7.79. The van der Waals surface area contributed by atoms with Gasteiger partial charge < -0.3 is 15.1 Å². The Kier molecular flexibility index (Phi) is 6.50. The first-order valence-corrected chi connectivity index (χ1v) is 11.0. The number of urea groups is 1. The number of fused-ring (bicyclic) bond motifs is 1. The summed E-state index contributed by atoms with van der Waals surface area (Å²) in [5.41, 5.74) is 4.42. The molecule has 7 nitrogen and oxygen atoms in total. The van der Waals surface area contributed by atoms with Crippen molar-refractivity contribution in [2.45, 2.75) is 45.6 Å². The number of rotatable bonds is 6. The number of hydrogen-bond donors (Lipinski definition) is 2. The molecule has 31 heavy (non-hydrogen) atoms. The van der Waals surface area contributed by atoms with Crippen LogP contribution in [0.3, 0.4) is 0 Å². The molecule has 1 aromatic heterocycles. The van der Waals surface area contributed by atoms with Gasteiger partial charge in [-0.05, 0) is 62.4 Å². The van der Waals surface area contributed by atoms with E-state index in [-0.39, 0.29) is 6.03 Å². The number of aromatic amines is 1. The van der Waals surface area contributed by atoms with Crippen LogP contribution in [0.5, 0.6) is 0 Å². The number of piperidine rings is 1. The number of benzene rings is 2. The number of likely N-dealkylation sites (tertiary alicyclic amines) is 1. The summed E-state index contributed by atoms with van der Waals surface area (Å²) >= 11 is 0. The number of carbonyl (C=O) groups is 1. The van der Waals surface area contributed by atoms with E-state index in [0.29, 0.717) is 12.6 Å².